The second-order valence-electron chi connectivity index (χ2n) is 5.17. The van der Waals surface area contributed by atoms with Gasteiger partial charge in [0, 0.05) is 23.5 Å². The van der Waals surface area contributed by atoms with Crippen LogP contribution in [0.3, 0.4) is 0 Å². The van der Waals surface area contributed by atoms with Gasteiger partial charge in [0.05, 0.1) is 6.61 Å². The summed E-state index contributed by atoms with van der Waals surface area (Å²) in [6.07, 6.45) is 4.91. The molecule has 0 unspecified atom stereocenters. The Labute approximate surface area is 145 Å². The van der Waals surface area contributed by atoms with E-state index in [-0.39, 0.29) is 5.71 Å². The number of aromatic nitrogens is 1. The van der Waals surface area contributed by atoms with Crippen LogP contribution in [0, 0.1) is 0 Å². The van der Waals surface area contributed by atoms with Gasteiger partial charge in [-0.05, 0) is 42.8 Å². The fourth-order valence-electron chi connectivity index (χ4n) is 1.95. The number of hydrogen-bond donors (Lipinski definition) is 2. The van der Waals surface area contributed by atoms with E-state index in [4.69, 9.17) is 4.74 Å². The van der Waals surface area contributed by atoms with Gasteiger partial charge in [-0.2, -0.15) is 5.10 Å². The minimum absolute atomic E-state index is 0.262. The van der Waals surface area contributed by atoms with Gasteiger partial charge in [-0.3, -0.25) is 9.78 Å². The number of amides is 1. The maximum Gasteiger partial charge on any atom is 0.356 e. The van der Waals surface area contributed by atoms with Crippen molar-refractivity contribution < 1.29 is 19.4 Å². The molecular formula is C18H19N3O4. The standard InChI is InChI=1S/C18H19N3O4/c1-2-3-12-25-15-6-4-13(5-7-15)16(18(23)24)20-21-17(22)14-8-10-19-11-9-14/h4-11H,2-3,12H2,1H3,(H,21,22)(H,23,24)/b20-16-. The molecule has 1 aromatic carbocycles. The molecule has 0 aliphatic carbocycles. The zero-order valence-corrected chi connectivity index (χ0v) is 13.8. The maximum absolute atomic E-state index is 11.9. The minimum Gasteiger partial charge on any atom is -0.494 e. The molecule has 0 saturated heterocycles. The first-order chi connectivity index (χ1) is 12.1. The highest BCUT2D eigenvalue weighted by atomic mass is 16.5. The van der Waals surface area contributed by atoms with Crippen LogP contribution in [-0.4, -0.2) is 34.3 Å². The SMILES string of the molecule is CCCCOc1ccc(/C(=N/NC(=O)c2ccncc2)C(=O)O)cc1. The summed E-state index contributed by atoms with van der Waals surface area (Å²) in [5.74, 6) is -1.10. The van der Waals surface area contributed by atoms with Crippen molar-refractivity contribution in [3.05, 3.63) is 59.9 Å². The van der Waals surface area contributed by atoms with Crippen LogP contribution >= 0.6 is 0 Å². The highest BCUT2D eigenvalue weighted by Gasteiger charge is 2.14. The summed E-state index contributed by atoms with van der Waals surface area (Å²) in [5, 5.41) is 13.1. The zero-order chi connectivity index (χ0) is 18.1. The molecule has 0 saturated carbocycles. The number of hydrogen-bond acceptors (Lipinski definition) is 5. The summed E-state index contributed by atoms with van der Waals surface area (Å²) in [4.78, 5) is 27.2. The molecule has 0 bridgehead atoms. The Morgan fingerprint density at radius 1 is 1.12 bits per heavy atom. The van der Waals surface area contributed by atoms with Gasteiger partial charge < -0.3 is 9.84 Å². The first-order valence-electron chi connectivity index (χ1n) is 7.86. The van der Waals surface area contributed by atoms with Crippen LogP contribution in [0.2, 0.25) is 0 Å². The number of pyridine rings is 1. The first kappa shape index (κ1) is 18.1. The molecule has 1 amide bonds. The van der Waals surface area contributed by atoms with Crippen molar-refractivity contribution in [1.29, 1.82) is 0 Å². The van der Waals surface area contributed by atoms with Crippen molar-refractivity contribution in [3.63, 3.8) is 0 Å². The Bertz CT molecular complexity index is 743. The second-order valence-corrected chi connectivity index (χ2v) is 5.17. The van der Waals surface area contributed by atoms with Crippen molar-refractivity contribution in [1.82, 2.24) is 10.4 Å². The van der Waals surface area contributed by atoms with E-state index in [2.05, 4.69) is 22.4 Å². The van der Waals surface area contributed by atoms with E-state index in [1.165, 1.54) is 24.5 Å². The number of unbranched alkanes of at least 4 members (excludes halogenated alkanes) is 1. The number of rotatable bonds is 8. The zero-order valence-electron chi connectivity index (χ0n) is 13.8. The molecule has 2 N–H and O–H groups in total. The first-order valence-corrected chi connectivity index (χ1v) is 7.86. The normalized spacial score (nSPS) is 11.0. The number of ether oxygens (including phenoxy) is 1. The average molecular weight is 341 g/mol. The fourth-order valence-corrected chi connectivity index (χ4v) is 1.95. The topological polar surface area (TPSA) is 101 Å². The van der Waals surface area contributed by atoms with Crippen molar-refractivity contribution in [3.8, 4) is 5.75 Å². The van der Waals surface area contributed by atoms with Gasteiger partial charge >= 0.3 is 5.97 Å². The minimum atomic E-state index is -1.24. The molecule has 2 rings (SSSR count). The third-order valence-corrected chi connectivity index (χ3v) is 3.31. The molecule has 2 aromatic rings. The third kappa shape index (κ3) is 5.42. The number of carbonyl (C=O) groups excluding carboxylic acids is 1. The fraction of sp³-hybridized carbons (Fsp3) is 0.222. The second kappa shape index (κ2) is 9.17. The van der Waals surface area contributed by atoms with Crippen LogP contribution in [0.5, 0.6) is 5.75 Å². The van der Waals surface area contributed by atoms with Crippen molar-refractivity contribution in [2.75, 3.05) is 6.61 Å². The van der Waals surface area contributed by atoms with Gasteiger partial charge in [0.15, 0.2) is 5.71 Å². The van der Waals surface area contributed by atoms with Gasteiger partial charge in [-0.1, -0.05) is 13.3 Å². The number of hydrazone groups is 1. The Balaban J connectivity index is 2.09. The number of nitrogens with one attached hydrogen (secondary N) is 1. The van der Waals surface area contributed by atoms with Crippen LogP contribution in [0.1, 0.15) is 35.7 Å². The maximum atomic E-state index is 11.9. The van der Waals surface area contributed by atoms with Crippen LogP contribution in [0.15, 0.2) is 53.9 Å². The summed E-state index contributed by atoms with van der Waals surface area (Å²) < 4.78 is 5.53. The molecular weight excluding hydrogens is 322 g/mol. The molecule has 130 valence electrons. The monoisotopic (exact) mass is 341 g/mol. The summed E-state index contributed by atoms with van der Waals surface area (Å²) in [7, 11) is 0. The highest BCUT2D eigenvalue weighted by Crippen LogP contribution is 2.13. The number of carboxylic acids is 1. The molecule has 1 heterocycles. The van der Waals surface area contributed by atoms with Crippen molar-refractivity contribution in [2.45, 2.75) is 19.8 Å². The average Bonchev–Trinajstić information content (AvgIpc) is 2.63. The molecule has 0 aliphatic heterocycles. The van der Waals surface area contributed by atoms with E-state index in [1.54, 1.807) is 24.3 Å². The van der Waals surface area contributed by atoms with Crippen LogP contribution in [-0.2, 0) is 4.79 Å². The lowest BCUT2D eigenvalue weighted by molar-refractivity contribution is -0.129. The predicted molar refractivity (Wildman–Crippen MR) is 92.7 cm³/mol. The molecule has 1 aromatic heterocycles. The number of benzene rings is 1. The van der Waals surface area contributed by atoms with Gasteiger partial charge in [0.1, 0.15) is 5.75 Å². The van der Waals surface area contributed by atoms with E-state index in [0.717, 1.165) is 12.8 Å². The van der Waals surface area contributed by atoms with Crippen LogP contribution in [0.25, 0.3) is 0 Å². The molecule has 25 heavy (non-hydrogen) atoms. The third-order valence-electron chi connectivity index (χ3n) is 3.31. The van der Waals surface area contributed by atoms with Crippen LogP contribution < -0.4 is 10.2 Å². The van der Waals surface area contributed by atoms with Crippen LogP contribution in [0.4, 0.5) is 0 Å². The summed E-state index contributed by atoms with van der Waals surface area (Å²) in [6.45, 7) is 2.68. The highest BCUT2D eigenvalue weighted by molar-refractivity contribution is 6.42. The lowest BCUT2D eigenvalue weighted by atomic mass is 10.1. The van der Waals surface area contributed by atoms with E-state index in [0.29, 0.717) is 23.5 Å². The number of nitrogens with zero attached hydrogens (tertiary/aromatic N) is 2. The molecule has 0 spiro atoms. The molecule has 0 aliphatic rings. The Morgan fingerprint density at radius 3 is 2.40 bits per heavy atom. The van der Waals surface area contributed by atoms with Gasteiger partial charge in [0.25, 0.3) is 5.91 Å². The molecule has 7 heteroatoms. The summed E-state index contributed by atoms with van der Waals surface area (Å²) >= 11 is 0. The quantitative estimate of drug-likeness (QED) is 0.436. The van der Waals surface area contributed by atoms with Crippen molar-refractivity contribution >= 4 is 17.6 Å². The molecule has 0 atom stereocenters. The van der Waals surface area contributed by atoms with Gasteiger partial charge in [0.2, 0.25) is 0 Å². The molecule has 0 fully saturated rings. The summed E-state index contributed by atoms with van der Waals surface area (Å²) in [6, 6.07) is 9.55. The van der Waals surface area contributed by atoms with E-state index in [1.807, 2.05) is 0 Å². The molecule has 7 nitrogen and oxygen atoms in total. The Hall–Kier alpha value is -3.22. The Kier molecular flexibility index (Phi) is 6.65. The van der Waals surface area contributed by atoms with Crippen molar-refractivity contribution in [2.24, 2.45) is 5.10 Å². The van der Waals surface area contributed by atoms with E-state index in [9.17, 15) is 14.7 Å². The van der Waals surface area contributed by atoms with Gasteiger partial charge in [-0.25, -0.2) is 10.2 Å². The summed E-state index contributed by atoms with van der Waals surface area (Å²) in [5.41, 5.74) is 2.69. The van der Waals surface area contributed by atoms with Gasteiger partial charge in [-0.15, -0.1) is 0 Å². The molecule has 0 radical (unpaired) electrons. The lowest BCUT2D eigenvalue weighted by Crippen LogP contribution is -2.24. The largest absolute Gasteiger partial charge is 0.494 e. The Morgan fingerprint density at radius 2 is 1.80 bits per heavy atom. The smallest absolute Gasteiger partial charge is 0.356 e. The van der Waals surface area contributed by atoms with E-state index >= 15 is 0 Å². The number of aliphatic carboxylic acids is 1. The number of carboxylic acid groups (broad SMARTS) is 1. The lowest BCUT2D eigenvalue weighted by Gasteiger charge is -2.07. The number of carbonyl (C=O) groups is 2. The van der Waals surface area contributed by atoms with E-state index < -0.39 is 11.9 Å². The predicted octanol–water partition coefficient (Wildman–Crippen LogP) is 2.48.